The summed E-state index contributed by atoms with van der Waals surface area (Å²) in [7, 11) is 3.85. The van der Waals surface area contributed by atoms with E-state index in [0.717, 1.165) is 12.8 Å². The molecule has 2 saturated carbocycles. The van der Waals surface area contributed by atoms with Gasteiger partial charge in [-0.05, 0) is 69.6 Å². The molecule has 1 unspecified atom stereocenters. The van der Waals surface area contributed by atoms with Gasteiger partial charge in [0, 0.05) is 6.54 Å². The highest BCUT2D eigenvalue weighted by Crippen LogP contribution is 2.65. The van der Waals surface area contributed by atoms with Gasteiger partial charge in [0.25, 0.3) is 5.91 Å². The van der Waals surface area contributed by atoms with Crippen LogP contribution in [-0.4, -0.2) is 95.7 Å². The van der Waals surface area contributed by atoms with Crippen LogP contribution in [0.15, 0.2) is 0 Å². The van der Waals surface area contributed by atoms with Crippen molar-refractivity contribution in [1.29, 1.82) is 0 Å². The number of hydrogen-bond acceptors (Lipinski definition) is 7. The van der Waals surface area contributed by atoms with Crippen molar-refractivity contribution in [2.45, 2.75) is 118 Å². The normalized spacial score (nSPS) is 24.5. The van der Waals surface area contributed by atoms with E-state index in [-0.39, 0.29) is 40.0 Å². The van der Waals surface area contributed by atoms with Crippen LogP contribution in [0.5, 0.6) is 0 Å². The number of primary amides is 1. The first-order valence-corrected chi connectivity index (χ1v) is 15.7. The van der Waals surface area contributed by atoms with E-state index in [2.05, 4.69) is 24.5 Å². The van der Waals surface area contributed by atoms with Crippen LogP contribution in [0.2, 0.25) is 0 Å². The molecule has 3 rings (SSSR count). The summed E-state index contributed by atoms with van der Waals surface area (Å²) in [5.74, 6) is -2.59. The molecule has 0 spiro atoms. The zero-order chi connectivity index (χ0) is 33.8. The lowest BCUT2D eigenvalue weighted by molar-refractivity contribution is -1.11. The lowest BCUT2D eigenvalue weighted by Crippen LogP contribution is -2.61. The third-order valence-electron chi connectivity index (χ3n) is 10.00. The van der Waals surface area contributed by atoms with Crippen LogP contribution in [0.4, 0.5) is 4.79 Å². The molecule has 3 fully saturated rings. The van der Waals surface area contributed by atoms with E-state index in [9.17, 15) is 24.0 Å². The average Bonchev–Trinajstić information content (AvgIpc) is 3.70. The van der Waals surface area contributed by atoms with Gasteiger partial charge >= 0.3 is 6.09 Å². The lowest BCUT2D eigenvalue weighted by Gasteiger charge is -2.41. The van der Waals surface area contributed by atoms with Crippen molar-refractivity contribution in [3.63, 3.8) is 0 Å². The number of nitrogens with two attached hydrogens (primary N) is 1. The molecule has 44 heavy (non-hydrogen) atoms. The second-order valence-electron chi connectivity index (χ2n) is 16.7. The second kappa shape index (κ2) is 11.9. The van der Waals surface area contributed by atoms with Crippen molar-refractivity contribution in [2.24, 2.45) is 34.3 Å². The first kappa shape index (κ1) is 35.7. The zero-order valence-electron chi connectivity index (χ0n) is 28.8. The molecule has 1 heterocycles. The summed E-state index contributed by atoms with van der Waals surface area (Å²) in [5.41, 5.74) is 3.19. The summed E-state index contributed by atoms with van der Waals surface area (Å²) in [6, 6.07) is -2.88. The maximum atomic E-state index is 14.2. The van der Waals surface area contributed by atoms with E-state index in [1.807, 2.05) is 55.6 Å². The van der Waals surface area contributed by atoms with Crippen molar-refractivity contribution >= 4 is 29.6 Å². The number of ketones is 1. The minimum Gasteiger partial charge on any atom is -0.441 e. The number of amides is 4. The third kappa shape index (κ3) is 7.91. The van der Waals surface area contributed by atoms with Gasteiger partial charge in [-0.15, -0.1) is 0 Å². The largest absolute Gasteiger partial charge is 0.441 e. The molecule has 2 aliphatic carbocycles. The average molecular weight is 623 g/mol. The number of piperidine rings is 1. The van der Waals surface area contributed by atoms with E-state index in [1.54, 1.807) is 13.8 Å². The monoisotopic (exact) mass is 622 g/mol. The molecular weight excluding hydrogens is 566 g/mol. The maximum absolute atomic E-state index is 14.2. The molecule has 0 bridgehead atoms. The Morgan fingerprint density at radius 1 is 0.977 bits per heavy atom. The van der Waals surface area contributed by atoms with Gasteiger partial charge in [-0.25, -0.2) is 4.79 Å². The molecule has 250 valence electrons. The predicted octanol–water partition coefficient (Wildman–Crippen LogP) is 2.53. The second-order valence-corrected chi connectivity index (χ2v) is 16.7. The number of Topliss-reactive ketones (excluding diaryl/α,β-unsaturated/α-hetero) is 1. The van der Waals surface area contributed by atoms with Crippen LogP contribution in [-0.2, 0) is 28.8 Å². The molecule has 12 nitrogen and oxygen atoms in total. The Bertz CT molecular complexity index is 1160. The molecule has 0 aromatic carbocycles. The fourth-order valence-electron chi connectivity index (χ4n) is 5.91. The SMILES string of the molecule is CC(C)(CO[N+](C)(C)C(C)(C)C)OC(=O)N[C@H](C(=O)N1C[C@H]2[C@@H]([C@H]1C(=O)NC(CC1CC1)C(=O)C(N)=O)C2(C)C)C(C)(C)C. The quantitative estimate of drug-likeness (QED) is 0.172. The molecule has 4 amide bonds. The van der Waals surface area contributed by atoms with Gasteiger partial charge in [-0.1, -0.05) is 47.5 Å². The first-order chi connectivity index (χ1) is 19.8. The number of hydrogen-bond donors (Lipinski definition) is 3. The number of hydroxylamine groups is 3. The number of likely N-dealkylation sites (tertiary alicyclic amines) is 1. The number of carbonyl (C=O) groups excluding carboxylic acids is 5. The van der Waals surface area contributed by atoms with E-state index in [0.29, 0.717) is 13.0 Å². The highest BCUT2D eigenvalue weighted by molar-refractivity contribution is 6.37. The highest BCUT2D eigenvalue weighted by Gasteiger charge is 2.70. The summed E-state index contributed by atoms with van der Waals surface area (Å²) < 4.78 is 5.99. The molecule has 0 radical (unpaired) electrons. The topological polar surface area (TPSA) is 157 Å². The number of rotatable bonds is 12. The summed E-state index contributed by atoms with van der Waals surface area (Å²) in [6.07, 6.45) is 1.43. The number of nitrogens with one attached hydrogen (secondary N) is 2. The zero-order valence-corrected chi connectivity index (χ0v) is 28.8. The van der Waals surface area contributed by atoms with Gasteiger partial charge in [0.2, 0.25) is 17.6 Å². The van der Waals surface area contributed by atoms with Gasteiger partial charge in [-0.3, -0.25) is 19.2 Å². The summed E-state index contributed by atoms with van der Waals surface area (Å²) >= 11 is 0. The standard InChI is InChI=1S/C32H55N5O7/c1-29(2,3)24(35-28(42)44-31(7,8)17-43-37(11,12)30(4,5)6)27(41)36-16-19-21(32(19,9)10)22(36)26(40)34-20(15-18-13-14-18)23(38)25(33)39/h18-22,24H,13-17H2,1-12H3,(H3-,33,34,35,39,40,42)/p+1/t19-,20?,21-,22-,24+/m0/s1. The van der Waals surface area contributed by atoms with Crippen molar-refractivity contribution in [2.75, 3.05) is 27.2 Å². The predicted molar refractivity (Wildman–Crippen MR) is 164 cm³/mol. The minimum absolute atomic E-state index is 0.0869. The van der Waals surface area contributed by atoms with Crippen molar-refractivity contribution in [1.82, 2.24) is 15.5 Å². The van der Waals surface area contributed by atoms with Gasteiger partial charge in [0.05, 0.1) is 20.1 Å². The maximum Gasteiger partial charge on any atom is 0.408 e. The molecule has 4 N–H and O–H groups in total. The van der Waals surface area contributed by atoms with Gasteiger partial charge in [-0.2, -0.15) is 9.48 Å². The lowest BCUT2D eigenvalue weighted by atomic mass is 9.85. The third-order valence-corrected chi connectivity index (χ3v) is 10.00. The van der Waals surface area contributed by atoms with Gasteiger partial charge in [0.1, 0.15) is 29.8 Å². The van der Waals surface area contributed by atoms with Crippen LogP contribution in [0, 0.1) is 28.6 Å². The smallest absolute Gasteiger partial charge is 0.408 e. The molecular formula is C32H56N5O7+. The molecule has 0 aromatic heterocycles. The van der Waals surface area contributed by atoms with Crippen LogP contribution in [0.1, 0.15) is 88.5 Å². The fraction of sp³-hybridized carbons (Fsp3) is 0.844. The number of alkyl carbamates (subject to hydrolysis) is 1. The van der Waals surface area contributed by atoms with Crippen molar-refractivity contribution in [3.8, 4) is 0 Å². The molecule has 1 saturated heterocycles. The van der Waals surface area contributed by atoms with Crippen LogP contribution >= 0.6 is 0 Å². The van der Waals surface area contributed by atoms with E-state index < -0.39 is 58.7 Å². The Balaban J connectivity index is 1.77. The summed E-state index contributed by atoms with van der Waals surface area (Å²) in [4.78, 5) is 73.1. The Hall–Kier alpha value is -2.73. The van der Waals surface area contributed by atoms with Crippen molar-refractivity contribution in [3.05, 3.63) is 0 Å². The fourth-order valence-corrected chi connectivity index (χ4v) is 5.91. The van der Waals surface area contributed by atoms with E-state index in [1.165, 1.54) is 4.90 Å². The highest BCUT2D eigenvalue weighted by atomic mass is 16.7. The Labute approximate surface area is 262 Å². The van der Waals surface area contributed by atoms with Crippen LogP contribution < -0.4 is 16.4 Å². The molecule has 0 aromatic rings. The number of quaternary nitrogens is 1. The molecule has 1 aliphatic heterocycles. The van der Waals surface area contributed by atoms with E-state index in [4.69, 9.17) is 15.3 Å². The minimum atomic E-state index is -1.09. The summed E-state index contributed by atoms with van der Waals surface area (Å²) in [6.45, 7) is 19.7. The summed E-state index contributed by atoms with van der Waals surface area (Å²) in [5, 5.41) is 5.54. The van der Waals surface area contributed by atoms with Crippen LogP contribution in [0.3, 0.4) is 0 Å². The van der Waals surface area contributed by atoms with E-state index >= 15 is 0 Å². The Morgan fingerprint density at radius 3 is 2.02 bits per heavy atom. The number of nitrogens with zero attached hydrogens (tertiary/aromatic N) is 2. The van der Waals surface area contributed by atoms with Crippen molar-refractivity contribution < 1.29 is 38.2 Å². The number of fused-ring (bicyclic) bond motifs is 1. The number of ether oxygens (including phenoxy) is 1. The van der Waals surface area contributed by atoms with Gasteiger partial charge < -0.3 is 26.0 Å². The Morgan fingerprint density at radius 2 is 1.55 bits per heavy atom. The van der Waals surface area contributed by atoms with Gasteiger partial charge in [0.15, 0.2) is 0 Å². The Kier molecular flexibility index (Phi) is 9.66. The molecule has 5 atom stereocenters. The molecule has 12 heteroatoms. The van der Waals surface area contributed by atoms with Crippen LogP contribution in [0.25, 0.3) is 0 Å². The number of carbonyl (C=O) groups is 5. The first-order valence-electron chi connectivity index (χ1n) is 15.7. The molecule has 3 aliphatic rings.